The molecule has 0 radical (unpaired) electrons. The molecule has 0 unspecified atom stereocenters. The fraction of sp³-hybridized carbons (Fsp3) is 0.700. The van der Waals surface area contributed by atoms with Gasteiger partial charge in [-0.2, -0.15) is 0 Å². The van der Waals surface area contributed by atoms with E-state index < -0.39 is 0 Å². The SMILES string of the molecule is OC[C@]12CCOC[C@H]1CN(Cc1ccccc1OC1CCCC1)C2. The van der Waals surface area contributed by atoms with E-state index in [4.69, 9.17) is 9.47 Å². The average molecular weight is 331 g/mol. The van der Waals surface area contributed by atoms with Crippen LogP contribution in [0.2, 0.25) is 0 Å². The number of rotatable bonds is 5. The molecule has 3 fully saturated rings. The van der Waals surface area contributed by atoms with Gasteiger partial charge in [0.25, 0.3) is 0 Å². The lowest BCUT2D eigenvalue weighted by Gasteiger charge is -2.36. The van der Waals surface area contributed by atoms with E-state index in [2.05, 4.69) is 29.2 Å². The van der Waals surface area contributed by atoms with Gasteiger partial charge in [0.1, 0.15) is 5.75 Å². The zero-order valence-electron chi connectivity index (χ0n) is 14.5. The van der Waals surface area contributed by atoms with Crippen molar-refractivity contribution in [2.45, 2.75) is 44.8 Å². The zero-order chi connectivity index (χ0) is 16.4. The maximum absolute atomic E-state index is 9.97. The summed E-state index contributed by atoms with van der Waals surface area (Å²) < 4.78 is 11.9. The molecular formula is C20H29NO3. The normalized spacial score (nSPS) is 31.3. The van der Waals surface area contributed by atoms with E-state index in [1.807, 2.05) is 0 Å². The first-order valence-electron chi connectivity index (χ1n) is 9.45. The lowest BCUT2D eigenvalue weighted by atomic mass is 9.75. The lowest BCUT2D eigenvalue weighted by Crippen LogP contribution is -2.41. The maximum atomic E-state index is 9.97. The molecule has 4 rings (SSSR count). The topological polar surface area (TPSA) is 41.9 Å². The molecule has 2 heterocycles. The molecule has 24 heavy (non-hydrogen) atoms. The second-order valence-electron chi connectivity index (χ2n) is 7.84. The largest absolute Gasteiger partial charge is 0.490 e. The van der Waals surface area contributed by atoms with Gasteiger partial charge < -0.3 is 14.6 Å². The van der Waals surface area contributed by atoms with Crippen molar-refractivity contribution in [3.8, 4) is 5.75 Å². The van der Waals surface area contributed by atoms with Crippen LogP contribution >= 0.6 is 0 Å². The Kier molecular flexibility index (Phi) is 4.79. The van der Waals surface area contributed by atoms with Crippen molar-refractivity contribution in [2.24, 2.45) is 11.3 Å². The number of nitrogens with zero attached hydrogens (tertiary/aromatic N) is 1. The number of benzene rings is 1. The molecule has 132 valence electrons. The van der Waals surface area contributed by atoms with Crippen LogP contribution in [-0.2, 0) is 11.3 Å². The predicted molar refractivity (Wildman–Crippen MR) is 93.0 cm³/mol. The Bertz CT molecular complexity index is 558. The summed E-state index contributed by atoms with van der Waals surface area (Å²) in [5, 5.41) is 9.97. The third kappa shape index (κ3) is 3.19. The third-order valence-corrected chi connectivity index (χ3v) is 6.22. The molecule has 0 bridgehead atoms. The molecule has 1 aromatic carbocycles. The molecule has 1 saturated carbocycles. The second-order valence-corrected chi connectivity index (χ2v) is 7.84. The van der Waals surface area contributed by atoms with Gasteiger partial charge in [0.15, 0.2) is 0 Å². The Labute approximate surface area is 144 Å². The Morgan fingerprint density at radius 1 is 1.25 bits per heavy atom. The summed E-state index contributed by atoms with van der Waals surface area (Å²) in [6.45, 7) is 4.73. The Balaban J connectivity index is 1.45. The lowest BCUT2D eigenvalue weighted by molar-refractivity contribution is -0.0417. The van der Waals surface area contributed by atoms with E-state index in [0.29, 0.717) is 12.0 Å². The van der Waals surface area contributed by atoms with Gasteiger partial charge in [0.2, 0.25) is 0 Å². The van der Waals surface area contributed by atoms with Gasteiger partial charge >= 0.3 is 0 Å². The molecule has 0 aromatic heterocycles. The predicted octanol–water partition coefficient (Wildman–Crippen LogP) is 2.84. The van der Waals surface area contributed by atoms with Crippen LogP contribution in [0, 0.1) is 11.3 Å². The molecule has 4 heteroatoms. The number of aliphatic hydroxyl groups excluding tert-OH is 1. The summed E-state index contributed by atoms with van der Waals surface area (Å²) in [5.41, 5.74) is 1.32. The molecule has 2 atom stereocenters. The van der Waals surface area contributed by atoms with Crippen molar-refractivity contribution >= 4 is 0 Å². The quantitative estimate of drug-likeness (QED) is 0.901. The summed E-state index contributed by atoms with van der Waals surface area (Å²) in [6.07, 6.45) is 6.32. The Morgan fingerprint density at radius 2 is 2.08 bits per heavy atom. The summed E-state index contributed by atoms with van der Waals surface area (Å²) in [6, 6.07) is 8.47. The van der Waals surface area contributed by atoms with Crippen molar-refractivity contribution in [3.63, 3.8) is 0 Å². The van der Waals surface area contributed by atoms with Crippen LogP contribution in [0.1, 0.15) is 37.7 Å². The number of para-hydroxylation sites is 1. The summed E-state index contributed by atoms with van der Waals surface area (Å²) in [4.78, 5) is 2.48. The van der Waals surface area contributed by atoms with E-state index in [0.717, 1.165) is 45.0 Å². The van der Waals surface area contributed by atoms with Gasteiger partial charge in [-0.25, -0.2) is 0 Å². The van der Waals surface area contributed by atoms with Crippen molar-refractivity contribution in [1.29, 1.82) is 0 Å². The monoisotopic (exact) mass is 331 g/mol. The molecule has 2 saturated heterocycles. The summed E-state index contributed by atoms with van der Waals surface area (Å²) in [5.74, 6) is 1.51. The zero-order valence-corrected chi connectivity index (χ0v) is 14.5. The summed E-state index contributed by atoms with van der Waals surface area (Å²) >= 11 is 0. The highest BCUT2D eigenvalue weighted by molar-refractivity contribution is 5.33. The first-order chi connectivity index (χ1) is 11.8. The van der Waals surface area contributed by atoms with Crippen molar-refractivity contribution in [1.82, 2.24) is 4.90 Å². The minimum absolute atomic E-state index is 0.0412. The van der Waals surface area contributed by atoms with Crippen LogP contribution < -0.4 is 4.74 Å². The molecule has 1 aromatic rings. The van der Waals surface area contributed by atoms with Crippen LogP contribution in [0.25, 0.3) is 0 Å². The van der Waals surface area contributed by atoms with Crippen molar-refractivity contribution < 1.29 is 14.6 Å². The van der Waals surface area contributed by atoms with Crippen LogP contribution in [0.15, 0.2) is 24.3 Å². The van der Waals surface area contributed by atoms with Gasteiger partial charge in [0.05, 0.1) is 19.3 Å². The molecule has 1 N–H and O–H groups in total. The van der Waals surface area contributed by atoms with Gasteiger partial charge in [-0.15, -0.1) is 0 Å². The van der Waals surface area contributed by atoms with Crippen molar-refractivity contribution in [3.05, 3.63) is 29.8 Å². The molecule has 3 aliphatic rings. The van der Waals surface area contributed by atoms with Crippen molar-refractivity contribution in [2.75, 3.05) is 32.9 Å². The van der Waals surface area contributed by atoms with Crippen LogP contribution in [0.5, 0.6) is 5.75 Å². The third-order valence-electron chi connectivity index (χ3n) is 6.22. The van der Waals surface area contributed by atoms with E-state index in [9.17, 15) is 5.11 Å². The number of hydrogen-bond acceptors (Lipinski definition) is 4. The van der Waals surface area contributed by atoms with Crippen LogP contribution in [-0.4, -0.2) is 49.0 Å². The fourth-order valence-corrected chi connectivity index (χ4v) is 4.71. The van der Waals surface area contributed by atoms with E-state index in [1.54, 1.807) is 0 Å². The molecule has 0 spiro atoms. The van der Waals surface area contributed by atoms with Gasteiger partial charge in [0, 0.05) is 43.1 Å². The molecule has 0 amide bonds. The van der Waals surface area contributed by atoms with Gasteiger partial charge in [-0.05, 0) is 38.2 Å². The molecular weight excluding hydrogens is 302 g/mol. The fourth-order valence-electron chi connectivity index (χ4n) is 4.71. The van der Waals surface area contributed by atoms with E-state index in [-0.39, 0.29) is 12.0 Å². The van der Waals surface area contributed by atoms with E-state index in [1.165, 1.54) is 31.2 Å². The first-order valence-corrected chi connectivity index (χ1v) is 9.45. The number of hydrogen-bond donors (Lipinski definition) is 1. The Hall–Kier alpha value is -1.10. The molecule has 1 aliphatic carbocycles. The Morgan fingerprint density at radius 3 is 2.88 bits per heavy atom. The minimum Gasteiger partial charge on any atom is -0.490 e. The smallest absolute Gasteiger partial charge is 0.124 e. The highest BCUT2D eigenvalue weighted by Gasteiger charge is 2.47. The minimum atomic E-state index is 0.0412. The highest BCUT2D eigenvalue weighted by atomic mass is 16.5. The number of likely N-dealkylation sites (tertiary alicyclic amines) is 1. The second kappa shape index (κ2) is 7.03. The molecule has 4 nitrogen and oxygen atoms in total. The maximum Gasteiger partial charge on any atom is 0.124 e. The first kappa shape index (κ1) is 16.4. The number of aliphatic hydroxyl groups is 1. The number of fused-ring (bicyclic) bond motifs is 1. The summed E-state index contributed by atoms with van der Waals surface area (Å²) in [7, 11) is 0. The van der Waals surface area contributed by atoms with Gasteiger partial charge in [-0.1, -0.05) is 18.2 Å². The number of ether oxygens (including phenoxy) is 2. The highest BCUT2D eigenvalue weighted by Crippen LogP contribution is 2.42. The standard InChI is InChI=1S/C20H29NO3/c22-15-20-9-10-23-13-17(20)12-21(14-20)11-16-5-1-4-8-19(16)24-18-6-2-3-7-18/h1,4-5,8,17-18,22H,2-3,6-7,9-15H2/t17-,20-/m1/s1. The average Bonchev–Trinajstić information content (AvgIpc) is 3.24. The van der Waals surface area contributed by atoms with Crippen LogP contribution in [0.3, 0.4) is 0 Å². The van der Waals surface area contributed by atoms with Gasteiger partial charge in [-0.3, -0.25) is 4.90 Å². The van der Waals surface area contributed by atoms with E-state index >= 15 is 0 Å². The van der Waals surface area contributed by atoms with Crippen LogP contribution in [0.4, 0.5) is 0 Å². The molecule has 2 aliphatic heterocycles.